The summed E-state index contributed by atoms with van der Waals surface area (Å²) in [5.41, 5.74) is 3.44. The fourth-order valence-corrected chi connectivity index (χ4v) is 3.20. The van der Waals surface area contributed by atoms with E-state index >= 15 is 0 Å². The van der Waals surface area contributed by atoms with E-state index in [0.29, 0.717) is 18.1 Å². The third kappa shape index (κ3) is 3.65. The summed E-state index contributed by atoms with van der Waals surface area (Å²) in [4.78, 5) is 23.3. The number of hydrogen-bond acceptors (Lipinski definition) is 5. The molecule has 3 heterocycles. The molecular weight excluding hydrogens is 318 g/mol. The Morgan fingerprint density at radius 3 is 2.64 bits per heavy atom. The summed E-state index contributed by atoms with van der Waals surface area (Å²) in [5, 5.41) is 4.35. The van der Waals surface area contributed by atoms with Gasteiger partial charge in [0.15, 0.2) is 0 Å². The molecule has 0 spiro atoms. The van der Waals surface area contributed by atoms with Crippen LogP contribution in [0, 0.1) is 13.8 Å². The van der Waals surface area contributed by atoms with Crippen molar-refractivity contribution in [3.05, 3.63) is 34.9 Å². The van der Waals surface area contributed by atoms with Crippen LogP contribution in [-0.4, -0.2) is 49.7 Å². The molecule has 7 nitrogen and oxygen atoms in total. The number of rotatable bonds is 4. The summed E-state index contributed by atoms with van der Waals surface area (Å²) >= 11 is 0. The van der Waals surface area contributed by atoms with Crippen LogP contribution in [0.3, 0.4) is 0 Å². The average Bonchev–Trinajstić information content (AvgIpc) is 2.87. The van der Waals surface area contributed by atoms with Crippen LogP contribution < -0.4 is 4.74 Å². The minimum absolute atomic E-state index is 0.0265. The molecule has 2 aromatic rings. The number of amides is 1. The van der Waals surface area contributed by atoms with Gasteiger partial charge in [0.2, 0.25) is 0 Å². The van der Waals surface area contributed by atoms with Crippen molar-refractivity contribution in [2.75, 3.05) is 13.1 Å². The molecule has 0 N–H and O–H groups in total. The lowest BCUT2D eigenvalue weighted by Gasteiger charge is -2.32. The van der Waals surface area contributed by atoms with E-state index in [4.69, 9.17) is 4.74 Å². The summed E-state index contributed by atoms with van der Waals surface area (Å²) in [5.74, 6) is 0.0265. The standard InChI is InChI=1S/C18H25N5O2/c1-5-14-9-19-18(20-10-14)25-15-7-6-8-23(11-15)17(24)16-12(2)21-22(4)13(16)3/h9-10,15H,5-8,11H2,1-4H3. The predicted octanol–water partition coefficient (Wildman–Crippen LogP) is 2.07. The Labute approximate surface area is 148 Å². The summed E-state index contributed by atoms with van der Waals surface area (Å²) < 4.78 is 7.65. The zero-order valence-corrected chi connectivity index (χ0v) is 15.3. The highest BCUT2D eigenvalue weighted by Crippen LogP contribution is 2.20. The molecule has 1 unspecified atom stereocenters. The van der Waals surface area contributed by atoms with Gasteiger partial charge in [-0.05, 0) is 38.7 Å². The topological polar surface area (TPSA) is 73.1 Å². The number of nitrogens with zero attached hydrogens (tertiary/aromatic N) is 5. The molecule has 0 bridgehead atoms. The third-order valence-electron chi connectivity index (χ3n) is 4.75. The molecule has 1 aliphatic rings. The number of aryl methyl sites for hydroxylation is 3. The van der Waals surface area contributed by atoms with Gasteiger partial charge in [0.25, 0.3) is 5.91 Å². The summed E-state index contributed by atoms with van der Waals surface area (Å²) in [6, 6.07) is 0.380. The third-order valence-corrected chi connectivity index (χ3v) is 4.75. The Balaban J connectivity index is 1.69. The molecule has 7 heteroatoms. The minimum atomic E-state index is -0.0811. The maximum atomic E-state index is 12.9. The number of likely N-dealkylation sites (tertiary alicyclic amines) is 1. The Bertz CT molecular complexity index is 754. The van der Waals surface area contributed by atoms with Crippen molar-refractivity contribution in [2.45, 2.75) is 46.1 Å². The lowest BCUT2D eigenvalue weighted by Crippen LogP contribution is -2.44. The zero-order chi connectivity index (χ0) is 18.0. The van der Waals surface area contributed by atoms with Crippen molar-refractivity contribution in [3.63, 3.8) is 0 Å². The number of ether oxygens (including phenoxy) is 1. The van der Waals surface area contributed by atoms with E-state index in [1.807, 2.05) is 25.8 Å². The first-order valence-corrected chi connectivity index (χ1v) is 8.76. The van der Waals surface area contributed by atoms with Crippen LogP contribution >= 0.6 is 0 Å². The minimum Gasteiger partial charge on any atom is -0.458 e. The molecule has 1 amide bonds. The van der Waals surface area contributed by atoms with Gasteiger partial charge >= 0.3 is 6.01 Å². The Kier molecular flexibility index (Phi) is 5.01. The first-order valence-electron chi connectivity index (χ1n) is 8.76. The summed E-state index contributed by atoms with van der Waals surface area (Å²) in [7, 11) is 1.86. The highest BCUT2D eigenvalue weighted by molar-refractivity contribution is 5.96. The molecule has 25 heavy (non-hydrogen) atoms. The van der Waals surface area contributed by atoms with Crippen LogP contribution in [0.1, 0.15) is 47.1 Å². The van der Waals surface area contributed by atoms with Crippen molar-refractivity contribution < 1.29 is 9.53 Å². The lowest BCUT2D eigenvalue weighted by atomic mass is 10.1. The molecular formula is C18H25N5O2. The molecule has 134 valence electrons. The van der Waals surface area contributed by atoms with Gasteiger partial charge in [-0.15, -0.1) is 0 Å². The molecule has 1 atom stereocenters. The maximum Gasteiger partial charge on any atom is 0.316 e. The van der Waals surface area contributed by atoms with Crippen molar-refractivity contribution in [3.8, 4) is 6.01 Å². The normalized spacial score (nSPS) is 17.6. The molecule has 2 aromatic heterocycles. The predicted molar refractivity (Wildman–Crippen MR) is 93.6 cm³/mol. The van der Waals surface area contributed by atoms with Crippen molar-refractivity contribution in [1.29, 1.82) is 0 Å². The van der Waals surface area contributed by atoms with Crippen LogP contribution in [0.5, 0.6) is 6.01 Å². The summed E-state index contributed by atoms with van der Waals surface area (Å²) in [6.07, 6.45) is 6.19. The van der Waals surface area contributed by atoms with Crippen LogP contribution in [0.15, 0.2) is 12.4 Å². The van der Waals surface area contributed by atoms with Crippen LogP contribution in [0.2, 0.25) is 0 Å². The first kappa shape index (κ1) is 17.4. The van der Waals surface area contributed by atoms with Crippen LogP contribution in [0.25, 0.3) is 0 Å². The molecule has 0 saturated carbocycles. The number of piperidine rings is 1. The number of carbonyl (C=O) groups is 1. The van der Waals surface area contributed by atoms with E-state index < -0.39 is 0 Å². The quantitative estimate of drug-likeness (QED) is 0.850. The fraction of sp³-hybridized carbons (Fsp3) is 0.556. The van der Waals surface area contributed by atoms with Crippen LogP contribution in [-0.2, 0) is 13.5 Å². The van der Waals surface area contributed by atoms with E-state index in [9.17, 15) is 4.79 Å². The average molecular weight is 343 g/mol. The fourth-order valence-electron chi connectivity index (χ4n) is 3.20. The number of carbonyl (C=O) groups excluding carboxylic acids is 1. The smallest absolute Gasteiger partial charge is 0.316 e. The van der Waals surface area contributed by atoms with Gasteiger partial charge in [-0.25, -0.2) is 9.97 Å². The Hall–Kier alpha value is -2.44. The van der Waals surface area contributed by atoms with Gasteiger partial charge in [0, 0.05) is 31.7 Å². The maximum absolute atomic E-state index is 12.9. The second-order valence-electron chi connectivity index (χ2n) is 6.53. The van der Waals surface area contributed by atoms with Gasteiger partial charge < -0.3 is 9.64 Å². The highest BCUT2D eigenvalue weighted by atomic mass is 16.5. The second kappa shape index (κ2) is 7.21. The molecule has 1 saturated heterocycles. The Morgan fingerprint density at radius 1 is 1.32 bits per heavy atom. The van der Waals surface area contributed by atoms with Crippen molar-refractivity contribution in [1.82, 2.24) is 24.6 Å². The largest absolute Gasteiger partial charge is 0.458 e. The molecule has 0 radical (unpaired) electrons. The molecule has 1 aliphatic heterocycles. The van der Waals surface area contributed by atoms with Gasteiger partial charge in [0.05, 0.1) is 17.8 Å². The van der Waals surface area contributed by atoms with Gasteiger partial charge in [0.1, 0.15) is 6.10 Å². The van der Waals surface area contributed by atoms with Crippen molar-refractivity contribution in [2.24, 2.45) is 7.05 Å². The van der Waals surface area contributed by atoms with E-state index in [0.717, 1.165) is 42.8 Å². The number of aromatic nitrogens is 4. The van der Waals surface area contributed by atoms with Gasteiger partial charge in [-0.3, -0.25) is 9.48 Å². The van der Waals surface area contributed by atoms with Gasteiger partial charge in [-0.1, -0.05) is 6.92 Å². The van der Waals surface area contributed by atoms with E-state index in [2.05, 4.69) is 22.0 Å². The summed E-state index contributed by atoms with van der Waals surface area (Å²) in [6.45, 7) is 7.15. The monoisotopic (exact) mass is 343 g/mol. The lowest BCUT2D eigenvalue weighted by molar-refractivity contribution is 0.0514. The van der Waals surface area contributed by atoms with E-state index in [-0.39, 0.29) is 12.0 Å². The van der Waals surface area contributed by atoms with E-state index in [1.165, 1.54) is 0 Å². The van der Waals surface area contributed by atoms with Crippen LogP contribution in [0.4, 0.5) is 0 Å². The highest BCUT2D eigenvalue weighted by Gasteiger charge is 2.29. The first-order chi connectivity index (χ1) is 12.0. The molecule has 0 aromatic carbocycles. The Morgan fingerprint density at radius 2 is 2.04 bits per heavy atom. The zero-order valence-electron chi connectivity index (χ0n) is 15.3. The van der Waals surface area contributed by atoms with Gasteiger partial charge in [-0.2, -0.15) is 5.10 Å². The van der Waals surface area contributed by atoms with E-state index in [1.54, 1.807) is 17.1 Å². The SMILES string of the molecule is CCc1cnc(OC2CCCN(C(=O)c3c(C)nn(C)c3C)C2)nc1. The molecule has 3 rings (SSSR count). The second-order valence-corrected chi connectivity index (χ2v) is 6.53. The molecule has 1 fully saturated rings. The van der Waals surface area contributed by atoms with Crippen molar-refractivity contribution >= 4 is 5.91 Å². The molecule has 0 aliphatic carbocycles. The number of hydrogen-bond donors (Lipinski definition) is 0.